The molecule has 0 saturated heterocycles. The molecule has 0 radical (unpaired) electrons. The summed E-state index contributed by atoms with van der Waals surface area (Å²) >= 11 is 0. The second-order valence-electron chi connectivity index (χ2n) is 7.90. The molecule has 1 heterocycles. The zero-order valence-corrected chi connectivity index (χ0v) is 17.2. The minimum Gasteiger partial charge on any atom is -0.392 e. The minimum absolute atomic E-state index is 0.0143. The number of rotatable bonds is 6. The number of aromatic nitrogens is 3. The third kappa shape index (κ3) is 5.20. The van der Waals surface area contributed by atoms with Gasteiger partial charge in [0, 0.05) is 18.3 Å². The van der Waals surface area contributed by atoms with Crippen molar-refractivity contribution in [1.29, 1.82) is 0 Å². The van der Waals surface area contributed by atoms with E-state index in [1.165, 1.54) is 12.1 Å². The molecular weight excluding hydrogens is 423 g/mol. The Labute approximate surface area is 182 Å². The van der Waals surface area contributed by atoms with Crippen molar-refractivity contribution in [1.82, 2.24) is 20.1 Å². The van der Waals surface area contributed by atoms with Crippen molar-refractivity contribution in [2.45, 2.75) is 50.6 Å². The monoisotopic (exact) mass is 447 g/mol. The topological polar surface area (TPSA) is 95.0 Å². The lowest BCUT2D eigenvalue weighted by molar-refractivity contribution is -0.137. The lowest BCUT2D eigenvalue weighted by Gasteiger charge is -2.28. The number of hydrogen-bond donors (Lipinski definition) is 4. The van der Waals surface area contributed by atoms with Crippen LogP contribution in [-0.4, -0.2) is 32.0 Å². The van der Waals surface area contributed by atoms with E-state index in [1.807, 2.05) is 24.3 Å². The summed E-state index contributed by atoms with van der Waals surface area (Å²) < 4.78 is 39.7. The third-order valence-corrected chi connectivity index (χ3v) is 5.55. The van der Waals surface area contributed by atoms with Crippen LogP contribution in [0.25, 0.3) is 5.69 Å². The molecular formula is C22H24F3N5O2. The first-order chi connectivity index (χ1) is 15.3. The maximum Gasteiger partial charge on any atom is 0.416 e. The summed E-state index contributed by atoms with van der Waals surface area (Å²) in [6.45, 7) is 0.628. The standard InChI is InChI=1S/C22H24F3N5O2/c23-22(24,25)15-4-3-5-17(12-15)30-21(32)28-20(29-30)27-16-10-8-14(9-11-16)13-26-18-6-1-2-7-19(18)31/h3-5,8-12,18-19,26,31H,1-2,6-7,13H2,(H2,27,28,29,32)/t18-,19-/m1/s1. The number of halogens is 3. The lowest BCUT2D eigenvalue weighted by atomic mass is 9.92. The molecule has 0 amide bonds. The summed E-state index contributed by atoms with van der Waals surface area (Å²) in [4.78, 5) is 14.7. The average molecular weight is 447 g/mol. The molecule has 0 aliphatic heterocycles. The van der Waals surface area contributed by atoms with E-state index in [0.29, 0.717) is 12.2 Å². The number of hydrogen-bond acceptors (Lipinski definition) is 5. The summed E-state index contributed by atoms with van der Waals surface area (Å²) in [6, 6.07) is 12.0. The number of H-pyrrole nitrogens is 1. The molecule has 1 saturated carbocycles. The number of aliphatic hydroxyl groups excluding tert-OH is 1. The average Bonchev–Trinajstić information content (AvgIpc) is 3.13. The van der Waals surface area contributed by atoms with Crippen LogP contribution in [0.5, 0.6) is 0 Å². The first-order valence-corrected chi connectivity index (χ1v) is 10.4. The fraction of sp³-hybridized carbons (Fsp3) is 0.364. The van der Waals surface area contributed by atoms with E-state index in [2.05, 4.69) is 20.7 Å². The molecule has 0 spiro atoms. The van der Waals surface area contributed by atoms with E-state index in [9.17, 15) is 23.1 Å². The smallest absolute Gasteiger partial charge is 0.392 e. The molecule has 4 N–H and O–H groups in total. The van der Waals surface area contributed by atoms with E-state index < -0.39 is 17.4 Å². The quantitative estimate of drug-likeness (QED) is 0.462. The maximum absolute atomic E-state index is 12.9. The van der Waals surface area contributed by atoms with Crippen molar-refractivity contribution in [3.05, 3.63) is 70.1 Å². The van der Waals surface area contributed by atoms with Gasteiger partial charge in [0.2, 0.25) is 5.95 Å². The molecule has 10 heteroatoms. The van der Waals surface area contributed by atoms with E-state index in [4.69, 9.17) is 0 Å². The van der Waals surface area contributed by atoms with Crippen molar-refractivity contribution in [2.75, 3.05) is 5.32 Å². The molecule has 1 aliphatic carbocycles. The van der Waals surface area contributed by atoms with Crippen LogP contribution in [0.15, 0.2) is 53.3 Å². The van der Waals surface area contributed by atoms with Crippen LogP contribution >= 0.6 is 0 Å². The highest BCUT2D eigenvalue weighted by Gasteiger charge is 2.30. The van der Waals surface area contributed by atoms with Gasteiger partial charge in [-0.05, 0) is 48.7 Å². The number of nitrogens with one attached hydrogen (secondary N) is 3. The third-order valence-electron chi connectivity index (χ3n) is 5.55. The highest BCUT2D eigenvalue weighted by Crippen LogP contribution is 2.30. The zero-order valence-electron chi connectivity index (χ0n) is 17.2. The number of nitrogens with zero attached hydrogens (tertiary/aromatic N) is 2. The fourth-order valence-electron chi connectivity index (χ4n) is 3.81. The van der Waals surface area contributed by atoms with E-state index in [-0.39, 0.29) is 23.8 Å². The van der Waals surface area contributed by atoms with Gasteiger partial charge in [-0.2, -0.15) is 17.9 Å². The predicted octanol–water partition coefficient (Wildman–Crippen LogP) is 3.72. The molecule has 1 aliphatic rings. The predicted molar refractivity (Wildman–Crippen MR) is 114 cm³/mol. The van der Waals surface area contributed by atoms with Crippen molar-refractivity contribution in [3.63, 3.8) is 0 Å². The van der Waals surface area contributed by atoms with Crippen LogP contribution in [0.3, 0.4) is 0 Å². The Bertz CT molecular complexity index is 1110. The second kappa shape index (κ2) is 9.17. The maximum atomic E-state index is 12.9. The molecule has 1 aromatic heterocycles. The molecule has 2 atom stereocenters. The summed E-state index contributed by atoms with van der Waals surface area (Å²) in [5.41, 5.74) is 0.205. The molecule has 0 unspecified atom stereocenters. The SMILES string of the molecule is O=c1[nH]c(Nc2ccc(CN[C@@H]3CCCC[C@H]3O)cc2)nn1-c1cccc(C(F)(F)F)c1. The number of aromatic amines is 1. The van der Waals surface area contributed by atoms with Gasteiger partial charge in [-0.3, -0.25) is 4.98 Å². The highest BCUT2D eigenvalue weighted by atomic mass is 19.4. The van der Waals surface area contributed by atoms with Crippen molar-refractivity contribution in [2.24, 2.45) is 0 Å². The Balaban J connectivity index is 1.41. The number of alkyl halides is 3. The van der Waals surface area contributed by atoms with Crippen LogP contribution in [-0.2, 0) is 12.7 Å². The van der Waals surface area contributed by atoms with E-state index in [0.717, 1.165) is 48.1 Å². The van der Waals surface area contributed by atoms with Gasteiger partial charge in [-0.15, -0.1) is 5.10 Å². The van der Waals surface area contributed by atoms with Gasteiger partial charge in [-0.25, -0.2) is 4.79 Å². The summed E-state index contributed by atoms with van der Waals surface area (Å²) in [7, 11) is 0. The fourth-order valence-corrected chi connectivity index (χ4v) is 3.81. The molecule has 3 aromatic rings. The van der Waals surface area contributed by atoms with E-state index >= 15 is 0 Å². The first kappa shape index (κ1) is 22.1. The summed E-state index contributed by atoms with van der Waals surface area (Å²) in [5, 5.41) is 20.4. The molecule has 0 bridgehead atoms. The van der Waals surface area contributed by atoms with Gasteiger partial charge in [0.15, 0.2) is 0 Å². The molecule has 4 rings (SSSR count). The van der Waals surface area contributed by atoms with Crippen molar-refractivity contribution < 1.29 is 18.3 Å². The van der Waals surface area contributed by atoms with Crippen LogP contribution in [0.4, 0.5) is 24.8 Å². The highest BCUT2D eigenvalue weighted by molar-refractivity contribution is 5.53. The first-order valence-electron chi connectivity index (χ1n) is 10.4. The molecule has 170 valence electrons. The minimum atomic E-state index is -4.51. The number of anilines is 2. The van der Waals surface area contributed by atoms with Crippen LogP contribution in [0.2, 0.25) is 0 Å². The zero-order chi connectivity index (χ0) is 22.7. The van der Waals surface area contributed by atoms with Crippen LogP contribution in [0, 0.1) is 0 Å². The summed E-state index contributed by atoms with van der Waals surface area (Å²) in [5.74, 6) is 0.114. The van der Waals surface area contributed by atoms with E-state index in [1.54, 1.807) is 0 Å². The van der Waals surface area contributed by atoms with Crippen molar-refractivity contribution >= 4 is 11.6 Å². The number of aliphatic hydroxyl groups is 1. The van der Waals surface area contributed by atoms with Gasteiger partial charge in [0.1, 0.15) is 0 Å². The van der Waals surface area contributed by atoms with Crippen LogP contribution < -0.4 is 16.3 Å². The van der Waals surface area contributed by atoms with Crippen LogP contribution in [0.1, 0.15) is 36.8 Å². The Morgan fingerprint density at radius 2 is 1.88 bits per heavy atom. The van der Waals surface area contributed by atoms with Gasteiger partial charge >= 0.3 is 11.9 Å². The Morgan fingerprint density at radius 1 is 1.12 bits per heavy atom. The lowest BCUT2D eigenvalue weighted by Crippen LogP contribution is -2.41. The molecule has 1 fully saturated rings. The molecule has 7 nitrogen and oxygen atoms in total. The second-order valence-corrected chi connectivity index (χ2v) is 7.90. The Morgan fingerprint density at radius 3 is 2.59 bits per heavy atom. The number of benzene rings is 2. The molecule has 2 aromatic carbocycles. The van der Waals surface area contributed by atoms with Gasteiger partial charge < -0.3 is 15.7 Å². The Kier molecular flexibility index (Phi) is 6.33. The van der Waals surface area contributed by atoms with Gasteiger partial charge in [0.25, 0.3) is 0 Å². The van der Waals surface area contributed by atoms with Gasteiger partial charge in [-0.1, -0.05) is 31.0 Å². The normalized spacial score (nSPS) is 19.1. The Hall–Kier alpha value is -3.11. The van der Waals surface area contributed by atoms with Gasteiger partial charge in [0.05, 0.1) is 17.4 Å². The largest absolute Gasteiger partial charge is 0.416 e. The molecule has 32 heavy (non-hydrogen) atoms. The summed E-state index contributed by atoms with van der Waals surface area (Å²) in [6.07, 6.45) is -0.862. The van der Waals surface area contributed by atoms with Crippen molar-refractivity contribution in [3.8, 4) is 5.69 Å².